The van der Waals surface area contributed by atoms with E-state index in [2.05, 4.69) is 0 Å². The number of carbonyl (C=O) groups is 1. The van der Waals surface area contributed by atoms with E-state index in [9.17, 15) is 15.0 Å². The quantitative estimate of drug-likeness (QED) is 0.425. The Balaban J connectivity index is 2.12. The molecular formula is C11H14O4. The molecule has 1 aliphatic heterocycles. The lowest BCUT2D eigenvalue weighted by atomic mass is 9.53. The number of ether oxygens (including phenoxy) is 1. The van der Waals surface area contributed by atoms with Gasteiger partial charge in [0, 0.05) is 17.3 Å². The summed E-state index contributed by atoms with van der Waals surface area (Å²) in [6.07, 6.45) is 2.15. The minimum Gasteiger partial charge on any atom is -0.465 e. The molecule has 4 nitrogen and oxygen atoms in total. The van der Waals surface area contributed by atoms with E-state index in [4.69, 9.17) is 4.74 Å². The summed E-state index contributed by atoms with van der Waals surface area (Å²) in [7, 11) is 0. The predicted octanol–water partition coefficient (Wildman–Crippen LogP) is -0.297. The van der Waals surface area contributed by atoms with Gasteiger partial charge in [-0.1, -0.05) is 19.1 Å². The van der Waals surface area contributed by atoms with Crippen LogP contribution in [-0.2, 0) is 9.53 Å². The summed E-state index contributed by atoms with van der Waals surface area (Å²) in [6, 6.07) is 0. The van der Waals surface area contributed by atoms with Gasteiger partial charge in [0.2, 0.25) is 0 Å². The van der Waals surface area contributed by atoms with Gasteiger partial charge < -0.3 is 14.9 Å². The maximum Gasteiger partial charge on any atom is 0.310 e. The third-order valence-corrected chi connectivity index (χ3v) is 4.30. The Kier molecular flexibility index (Phi) is 1.64. The molecule has 0 radical (unpaired) electrons. The van der Waals surface area contributed by atoms with Crippen LogP contribution in [0.3, 0.4) is 0 Å². The minimum absolute atomic E-state index is 0.0332. The highest BCUT2D eigenvalue weighted by molar-refractivity contribution is 5.77. The van der Waals surface area contributed by atoms with Crippen molar-refractivity contribution in [2.45, 2.75) is 19.1 Å². The first kappa shape index (κ1) is 9.36. The molecule has 0 aromatic rings. The monoisotopic (exact) mass is 210 g/mol. The average molecular weight is 210 g/mol. The van der Waals surface area contributed by atoms with Crippen LogP contribution in [0.4, 0.5) is 0 Å². The molecule has 2 fully saturated rings. The van der Waals surface area contributed by atoms with Crippen LogP contribution in [0.15, 0.2) is 12.2 Å². The topological polar surface area (TPSA) is 66.8 Å². The van der Waals surface area contributed by atoms with E-state index < -0.39 is 17.6 Å². The summed E-state index contributed by atoms with van der Waals surface area (Å²) in [5, 5.41) is 19.9. The molecule has 0 aromatic heterocycles. The minimum atomic E-state index is -0.862. The van der Waals surface area contributed by atoms with Crippen molar-refractivity contribution in [1.82, 2.24) is 0 Å². The summed E-state index contributed by atoms with van der Waals surface area (Å²) < 4.78 is 5.04. The highest BCUT2D eigenvalue weighted by Crippen LogP contribution is 2.55. The lowest BCUT2D eigenvalue weighted by Gasteiger charge is -2.51. The molecule has 0 unspecified atom stereocenters. The third-order valence-electron chi connectivity index (χ3n) is 4.30. The van der Waals surface area contributed by atoms with Crippen LogP contribution >= 0.6 is 0 Å². The number of aliphatic hydroxyl groups is 2. The van der Waals surface area contributed by atoms with Crippen LogP contribution in [0.2, 0.25) is 0 Å². The second-order valence-electron chi connectivity index (χ2n) is 5.01. The molecule has 1 saturated carbocycles. The number of fused-ring (bicyclic) bond motifs is 1. The number of rotatable bonds is 0. The van der Waals surface area contributed by atoms with Gasteiger partial charge in [0.05, 0.1) is 24.7 Å². The van der Waals surface area contributed by atoms with Crippen LogP contribution in [0, 0.1) is 23.2 Å². The normalized spacial score (nSPS) is 56.7. The van der Waals surface area contributed by atoms with Gasteiger partial charge in [0.1, 0.15) is 0 Å². The highest BCUT2D eigenvalue weighted by Gasteiger charge is 2.62. The van der Waals surface area contributed by atoms with Gasteiger partial charge in [-0.25, -0.2) is 0 Å². The van der Waals surface area contributed by atoms with E-state index in [0.29, 0.717) is 6.61 Å². The first-order valence-corrected chi connectivity index (χ1v) is 5.28. The Morgan fingerprint density at radius 3 is 3.00 bits per heavy atom. The van der Waals surface area contributed by atoms with E-state index >= 15 is 0 Å². The zero-order chi connectivity index (χ0) is 10.8. The fraction of sp³-hybridized carbons (Fsp3) is 0.727. The predicted molar refractivity (Wildman–Crippen MR) is 50.7 cm³/mol. The number of hydrogen-bond acceptors (Lipinski definition) is 4. The molecule has 2 bridgehead atoms. The Hall–Kier alpha value is -0.870. The first-order chi connectivity index (χ1) is 7.05. The summed E-state index contributed by atoms with van der Waals surface area (Å²) in [6.45, 7) is 2.19. The lowest BCUT2D eigenvalue weighted by Crippen LogP contribution is -2.60. The van der Waals surface area contributed by atoms with E-state index in [1.165, 1.54) is 0 Å². The second kappa shape index (κ2) is 2.62. The molecule has 82 valence electrons. The van der Waals surface area contributed by atoms with Gasteiger partial charge >= 0.3 is 5.97 Å². The maximum absolute atomic E-state index is 11.6. The van der Waals surface area contributed by atoms with Crippen LogP contribution in [0.1, 0.15) is 6.92 Å². The van der Waals surface area contributed by atoms with Crippen LogP contribution in [0.5, 0.6) is 0 Å². The third kappa shape index (κ3) is 0.916. The first-order valence-electron chi connectivity index (χ1n) is 5.28. The lowest BCUT2D eigenvalue weighted by molar-refractivity contribution is -0.160. The Morgan fingerprint density at radius 1 is 1.53 bits per heavy atom. The van der Waals surface area contributed by atoms with Gasteiger partial charge in [-0.05, 0) is 0 Å². The summed E-state index contributed by atoms with van der Waals surface area (Å²) in [5.41, 5.74) is -0.660. The molecule has 0 amide bonds. The van der Waals surface area contributed by atoms with Crippen molar-refractivity contribution in [2.75, 3.05) is 6.61 Å². The molecule has 0 spiro atoms. The van der Waals surface area contributed by atoms with Crippen molar-refractivity contribution in [3.8, 4) is 0 Å². The van der Waals surface area contributed by atoms with E-state index in [0.717, 1.165) is 0 Å². The van der Waals surface area contributed by atoms with Crippen LogP contribution in [0.25, 0.3) is 0 Å². The van der Waals surface area contributed by atoms with Crippen molar-refractivity contribution < 1.29 is 19.7 Å². The Morgan fingerprint density at radius 2 is 2.27 bits per heavy atom. The Bertz CT molecular complexity index is 350. The van der Waals surface area contributed by atoms with Crippen molar-refractivity contribution >= 4 is 5.97 Å². The zero-order valence-corrected chi connectivity index (χ0v) is 8.46. The highest BCUT2D eigenvalue weighted by atomic mass is 16.5. The molecule has 4 aliphatic rings. The fourth-order valence-corrected chi connectivity index (χ4v) is 3.38. The van der Waals surface area contributed by atoms with Gasteiger partial charge in [0.25, 0.3) is 0 Å². The molecule has 2 N–H and O–H groups in total. The summed E-state index contributed by atoms with van der Waals surface area (Å²) in [5.74, 6) is -0.627. The molecule has 0 aromatic carbocycles. The molecule has 4 rings (SSSR count). The second-order valence-corrected chi connectivity index (χ2v) is 5.01. The van der Waals surface area contributed by atoms with Crippen LogP contribution in [-0.4, -0.2) is 35.0 Å². The molecule has 15 heavy (non-hydrogen) atoms. The standard InChI is InChI=1S/C11H14O4/c1-11-3-2-5(8(12)9(11)13)6-4-15-10(14)7(6)11/h2-3,5-9,12-13H,4H2,1H3/t5-,6+,7-,8+,9+,11+/m1/s1. The van der Waals surface area contributed by atoms with Gasteiger partial charge in [-0.3, -0.25) is 4.79 Å². The van der Waals surface area contributed by atoms with E-state index in [1.807, 2.05) is 19.1 Å². The molecule has 3 aliphatic carbocycles. The van der Waals surface area contributed by atoms with Crippen molar-refractivity contribution in [3.63, 3.8) is 0 Å². The number of carbonyl (C=O) groups excluding carboxylic acids is 1. The number of cyclic esters (lactones) is 1. The zero-order valence-electron chi connectivity index (χ0n) is 8.46. The van der Waals surface area contributed by atoms with Crippen LogP contribution < -0.4 is 0 Å². The van der Waals surface area contributed by atoms with E-state index in [1.54, 1.807) is 0 Å². The fourth-order valence-electron chi connectivity index (χ4n) is 3.38. The molecule has 6 atom stereocenters. The number of hydrogen-bond donors (Lipinski definition) is 2. The molecule has 4 heteroatoms. The van der Waals surface area contributed by atoms with Crippen molar-refractivity contribution in [3.05, 3.63) is 12.2 Å². The van der Waals surface area contributed by atoms with Crippen molar-refractivity contribution in [2.24, 2.45) is 23.2 Å². The smallest absolute Gasteiger partial charge is 0.310 e. The summed E-state index contributed by atoms with van der Waals surface area (Å²) in [4.78, 5) is 11.6. The number of esters is 1. The molecular weight excluding hydrogens is 196 g/mol. The molecule has 1 saturated heterocycles. The molecule has 1 heterocycles. The SMILES string of the molecule is C[C@@]12C=C[C@@H]([C@H](O)[C@@H]1O)[C@@H]1COC(=O)[C@@H]12. The average Bonchev–Trinajstić information content (AvgIpc) is 2.59. The Labute approximate surface area is 87.5 Å². The largest absolute Gasteiger partial charge is 0.465 e. The van der Waals surface area contributed by atoms with Crippen molar-refractivity contribution in [1.29, 1.82) is 0 Å². The van der Waals surface area contributed by atoms with Gasteiger partial charge in [-0.2, -0.15) is 0 Å². The van der Waals surface area contributed by atoms with Gasteiger partial charge in [-0.15, -0.1) is 0 Å². The van der Waals surface area contributed by atoms with Gasteiger partial charge in [0.15, 0.2) is 0 Å². The van der Waals surface area contributed by atoms with E-state index in [-0.39, 0.29) is 23.7 Å². The number of aliphatic hydroxyl groups excluding tert-OH is 2. The summed E-state index contributed by atoms with van der Waals surface area (Å²) >= 11 is 0. The maximum atomic E-state index is 11.6.